The summed E-state index contributed by atoms with van der Waals surface area (Å²) in [6, 6.07) is 0. The molecule has 0 spiro atoms. The topological polar surface area (TPSA) is 500 Å². The van der Waals surface area contributed by atoms with Gasteiger partial charge in [0.25, 0.3) is 0 Å². The molecule has 0 atom stereocenters. The molecule has 0 rings (SSSR count). The molecule has 31 heteroatoms. The van der Waals surface area contributed by atoms with Gasteiger partial charge in [0.1, 0.15) is 0 Å². The van der Waals surface area contributed by atoms with E-state index in [-0.39, 0.29) is 124 Å². The van der Waals surface area contributed by atoms with Crippen molar-refractivity contribution in [2.24, 2.45) is 0 Å². The fraction of sp³-hybridized carbons (Fsp3) is 0.847. The van der Waals surface area contributed by atoms with Gasteiger partial charge in [-0.05, 0) is 116 Å². The molecule has 0 amide bonds. The van der Waals surface area contributed by atoms with E-state index in [1.807, 2.05) is 0 Å². The Kier molecular flexibility index (Phi) is 79.1. The van der Waals surface area contributed by atoms with Crippen molar-refractivity contribution in [2.45, 2.75) is 251 Å². The fourth-order valence-corrected chi connectivity index (χ4v) is 6.58. The van der Waals surface area contributed by atoms with Gasteiger partial charge >= 0.3 is 73.2 Å². The molecular formula is C59H110O31. The second-order valence-corrected chi connectivity index (χ2v) is 19.5. The van der Waals surface area contributed by atoms with Crippen LogP contribution in [0.4, 0.5) is 0 Å². The minimum Gasteiger partial charge on any atom is -0.439 e. The highest BCUT2D eigenvalue weighted by atomic mass is 16.9. The van der Waals surface area contributed by atoms with Crippen molar-refractivity contribution in [3.05, 3.63) is 0 Å². The summed E-state index contributed by atoms with van der Waals surface area (Å²) >= 11 is 0. The number of carbonyl (C=O) groups is 9. The first-order valence-electron chi connectivity index (χ1n) is 31.1. The first kappa shape index (κ1) is 93.4. The minimum atomic E-state index is -2.02. The number of hydrogen-bond acceptors (Lipinski definition) is 31. The molecule has 0 aliphatic rings. The lowest BCUT2D eigenvalue weighted by Crippen LogP contribution is -2.29. The van der Waals surface area contributed by atoms with Gasteiger partial charge < -0.3 is 109 Å². The van der Waals surface area contributed by atoms with E-state index in [0.29, 0.717) is 154 Å². The summed E-state index contributed by atoms with van der Waals surface area (Å²) < 4.78 is 41.7. The molecule has 0 aromatic heterocycles. The van der Waals surface area contributed by atoms with Crippen molar-refractivity contribution < 1.29 is 152 Å². The molecule has 13 N–H and O–H groups in total. The van der Waals surface area contributed by atoms with Crippen LogP contribution in [0.25, 0.3) is 0 Å². The lowest BCUT2D eigenvalue weighted by atomic mass is 10.2. The third-order valence-electron chi connectivity index (χ3n) is 11.4. The number of ether oxygens (including phenoxy) is 9. The molecule has 0 saturated heterocycles. The van der Waals surface area contributed by atoms with Crippen LogP contribution < -0.4 is 0 Å². The van der Waals surface area contributed by atoms with Gasteiger partial charge in [-0.3, -0.25) is 43.2 Å². The van der Waals surface area contributed by atoms with Crippen molar-refractivity contribution in [3.8, 4) is 0 Å². The summed E-state index contributed by atoms with van der Waals surface area (Å²) in [6.45, 7) is -5.69. The molecule has 0 heterocycles. The van der Waals surface area contributed by atoms with Crippen LogP contribution in [-0.4, -0.2) is 213 Å². The van der Waals surface area contributed by atoms with E-state index >= 15 is 0 Å². The van der Waals surface area contributed by atoms with Gasteiger partial charge in [0.05, 0.1) is 0 Å². The minimum absolute atomic E-state index is 0.0411. The maximum atomic E-state index is 11.9. The molecule has 0 aromatic rings. The van der Waals surface area contributed by atoms with Crippen LogP contribution >= 0.6 is 0 Å². The predicted octanol–water partition coefficient (Wildman–Crippen LogP) is 2.53. The quantitative estimate of drug-likeness (QED) is 0.0180. The van der Waals surface area contributed by atoms with Crippen LogP contribution in [0, 0.1) is 0 Å². The van der Waals surface area contributed by atoms with Gasteiger partial charge in [0.2, 0.25) is 6.79 Å². The summed E-state index contributed by atoms with van der Waals surface area (Å²) in [7, 11) is 0. The maximum absolute atomic E-state index is 11.9. The van der Waals surface area contributed by atoms with Gasteiger partial charge in [-0.1, -0.05) is 57.8 Å². The van der Waals surface area contributed by atoms with Crippen LogP contribution in [0.1, 0.15) is 231 Å². The number of aliphatic hydroxyl groups is 13. The SMILES string of the molecule is O=C(CCCCCO)OC(O)O.O=C(CCCCCO)OC(O)OC(=O)CCCCCO.O=C(CCCCCO)OC(OC(=O)CCCCCO)OC(=O)CCCCCO.O=C(CCCCCO)OCO.O=C(CCCCCO)OCOC(=O)CCCCCO. The van der Waals surface area contributed by atoms with Crippen LogP contribution in [0.2, 0.25) is 0 Å². The summed E-state index contributed by atoms with van der Waals surface area (Å²) in [5.41, 5.74) is 0. The van der Waals surface area contributed by atoms with Gasteiger partial charge in [0.15, 0.2) is 6.79 Å². The zero-order valence-electron chi connectivity index (χ0n) is 52.6. The fourth-order valence-electron chi connectivity index (χ4n) is 6.58. The third-order valence-corrected chi connectivity index (χ3v) is 11.4. The van der Waals surface area contributed by atoms with Crippen molar-refractivity contribution in [3.63, 3.8) is 0 Å². The average molecular weight is 1320 g/mol. The Morgan fingerprint density at radius 2 is 0.411 bits per heavy atom. The number of unbranched alkanes of at least 4 members (excludes halogenated alkanes) is 18. The molecule has 0 unspecified atom stereocenters. The molecule has 0 aromatic carbocycles. The number of hydrogen-bond donors (Lipinski definition) is 13. The first-order valence-corrected chi connectivity index (χ1v) is 31.1. The first-order chi connectivity index (χ1) is 43.3. The van der Waals surface area contributed by atoms with E-state index in [9.17, 15) is 48.3 Å². The van der Waals surface area contributed by atoms with E-state index in [1.54, 1.807) is 0 Å². The second-order valence-electron chi connectivity index (χ2n) is 19.5. The Morgan fingerprint density at radius 3 is 0.611 bits per heavy atom. The largest absolute Gasteiger partial charge is 0.439 e. The predicted molar refractivity (Wildman–Crippen MR) is 315 cm³/mol. The lowest BCUT2D eigenvalue weighted by Gasteiger charge is -2.18. The Balaban J connectivity index is -0.000000348. The molecule has 0 saturated carbocycles. The van der Waals surface area contributed by atoms with Crippen molar-refractivity contribution in [1.82, 2.24) is 0 Å². The molecule has 0 radical (unpaired) electrons. The van der Waals surface area contributed by atoms with Gasteiger partial charge in [0, 0.05) is 117 Å². The molecular weight excluding hydrogens is 1200 g/mol. The third kappa shape index (κ3) is 82.7. The maximum Gasteiger partial charge on any atom is 0.412 e. The highest BCUT2D eigenvalue weighted by molar-refractivity contribution is 5.74. The Hall–Kier alpha value is -5.29. The Labute approximate surface area is 528 Å². The van der Waals surface area contributed by atoms with Gasteiger partial charge in [-0.25, -0.2) is 0 Å². The van der Waals surface area contributed by atoms with Gasteiger partial charge in [-0.2, -0.15) is 0 Å². The summed E-state index contributed by atoms with van der Waals surface area (Å²) in [4.78, 5) is 102. The lowest BCUT2D eigenvalue weighted by molar-refractivity contribution is -0.258. The second kappa shape index (κ2) is 76.2. The van der Waals surface area contributed by atoms with E-state index in [2.05, 4.69) is 18.9 Å². The van der Waals surface area contributed by atoms with Gasteiger partial charge in [-0.15, -0.1) is 0 Å². The van der Waals surface area contributed by atoms with E-state index in [0.717, 1.165) is 25.7 Å². The molecule has 0 aliphatic carbocycles. The van der Waals surface area contributed by atoms with Crippen molar-refractivity contribution >= 4 is 53.7 Å². The average Bonchev–Trinajstić information content (AvgIpc) is 3.54. The number of rotatable bonds is 54. The highest BCUT2D eigenvalue weighted by Crippen LogP contribution is 2.12. The van der Waals surface area contributed by atoms with Crippen LogP contribution in [0.5, 0.6) is 0 Å². The van der Waals surface area contributed by atoms with Crippen LogP contribution in [0.3, 0.4) is 0 Å². The number of carbonyl (C=O) groups excluding carboxylic acids is 9. The smallest absolute Gasteiger partial charge is 0.412 e. The normalized spacial score (nSPS) is 10.4. The molecule has 0 bridgehead atoms. The Morgan fingerprint density at radius 1 is 0.222 bits per heavy atom. The summed E-state index contributed by atoms with van der Waals surface area (Å²) in [5, 5.41) is 111. The van der Waals surface area contributed by atoms with E-state index < -0.39 is 74.0 Å². The molecule has 532 valence electrons. The molecule has 0 fully saturated rings. The van der Waals surface area contributed by atoms with Crippen LogP contribution in [-0.2, 0) is 85.8 Å². The zero-order chi connectivity index (χ0) is 68.5. The zero-order valence-corrected chi connectivity index (χ0v) is 52.6. The van der Waals surface area contributed by atoms with Crippen molar-refractivity contribution in [1.29, 1.82) is 0 Å². The van der Waals surface area contributed by atoms with Crippen molar-refractivity contribution in [2.75, 3.05) is 73.0 Å². The number of esters is 9. The summed E-state index contributed by atoms with van der Waals surface area (Å²) in [5.74, 6) is -5.10. The van der Waals surface area contributed by atoms with E-state index in [1.165, 1.54) is 0 Å². The monoisotopic (exact) mass is 1310 g/mol. The Bertz CT molecular complexity index is 1570. The summed E-state index contributed by atoms with van der Waals surface area (Å²) in [6.07, 6.45) is 18.6. The molecule has 0 aliphatic heterocycles. The number of aliphatic hydroxyl groups excluding tert-OH is 12. The molecule has 31 nitrogen and oxygen atoms in total. The van der Waals surface area contributed by atoms with E-state index in [4.69, 9.17) is 85.0 Å². The van der Waals surface area contributed by atoms with Crippen LogP contribution in [0.15, 0.2) is 0 Å². The molecule has 90 heavy (non-hydrogen) atoms. The highest BCUT2D eigenvalue weighted by Gasteiger charge is 2.23. The standard InChI is InChI=1S/C19H34O9.C13H24O7.C13H24O6.C7H14O5.C7H14O4/c20-13-7-1-4-10-16(23)26-19(27-17(24)11-5-2-8-14-21)28-18(25)12-6-3-9-15-22;14-9-5-1-3-7-11(16)19-13(18)20-12(17)8-4-2-6-10-15;14-9-5-1-3-7-12(16)18-11-19-13(17)8-4-2-6-10-15;8-5-3-1-2-4-6(9)12-7(10)11;8-5-3-1-2-4-7(10)11-6-9/h19-22H,1-15H2;13-15,18H,1-10H2;14-15H,1-11H2;7-8,10-11H,1-5H2;8-9H,1-6H2.